The minimum atomic E-state index is -4.80. The number of halogens is 5. The summed E-state index contributed by atoms with van der Waals surface area (Å²) in [5, 5.41) is 0. The second-order valence-electron chi connectivity index (χ2n) is 3.53. The summed E-state index contributed by atoms with van der Waals surface area (Å²) < 4.78 is 40.1. The van der Waals surface area contributed by atoms with E-state index in [9.17, 15) is 18.0 Å². The van der Waals surface area contributed by atoms with Crippen molar-refractivity contribution in [2.45, 2.75) is 24.0 Å². The molecule has 7 heteroatoms. The van der Waals surface area contributed by atoms with E-state index in [1.807, 2.05) is 0 Å². The Morgan fingerprint density at radius 1 is 1.44 bits per heavy atom. The van der Waals surface area contributed by atoms with Crippen LogP contribution in [0.25, 0.3) is 0 Å². The molecule has 1 aromatic carbocycles. The lowest BCUT2D eigenvalue weighted by molar-refractivity contribution is -0.274. The maximum atomic E-state index is 12.1. The molecule has 0 spiro atoms. The smallest absolute Gasteiger partial charge is 0.406 e. The molecule has 0 aliphatic rings. The lowest BCUT2D eigenvalue weighted by Crippen LogP contribution is -2.18. The van der Waals surface area contributed by atoms with Gasteiger partial charge in [-0.15, -0.1) is 24.8 Å². The molecule has 0 bridgehead atoms. The van der Waals surface area contributed by atoms with Gasteiger partial charge in [0.05, 0.1) is 4.83 Å². The number of benzene rings is 1. The predicted octanol–water partition coefficient (Wildman–Crippen LogP) is 4.29. The van der Waals surface area contributed by atoms with E-state index in [-0.39, 0.29) is 17.2 Å². The van der Waals surface area contributed by atoms with Gasteiger partial charge in [0.15, 0.2) is 5.78 Å². The van der Waals surface area contributed by atoms with Gasteiger partial charge in [0, 0.05) is 11.4 Å². The first-order valence-corrected chi connectivity index (χ1v) is 6.32. The summed E-state index contributed by atoms with van der Waals surface area (Å²) in [6.45, 7) is 1.58. The highest BCUT2D eigenvalue weighted by Crippen LogP contribution is 2.26. The van der Waals surface area contributed by atoms with E-state index in [1.54, 1.807) is 6.92 Å². The maximum Gasteiger partial charge on any atom is 0.573 e. The average Bonchev–Trinajstić information content (AvgIpc) is 2.24. The molecule has 18 heavy (non-hydrogen) atoms. The molecule has 2 nitrogen and oxygen atoms in total. The zero-order valence-corrected chi connectivity index (χ0v) is 11.6. The lowest BCUT2D eigenvalue weighted by Gasteiger charge is -2.12. The molecule has 0 aliphatic heterocycles. The van der Waals surface area contributed by atoms with Gasteiger partial charge in [-0.25, -0.2) is 0 Å². The number of rotatable bonds is 4. The Morgan fingerprint density at radius 2 is 2.06 bits per heavy atom. The summed E-state index contributed by atoms with van der Waals surface area (Å²) in [7, 11) is 0. The zero-order valence-electron chi connectivity index (χ0n) is 9.22. The quantitative estimate of drug-likeness (QED) is 0.601. The monoisotopic (exact) mass is 344 g/mol. The topological polar surface area (TPSA) is 26.3 Å². The molecule has 0 aromatic heterocycles. The van der Waals surface area contributed by atoms with E-state index in [1.165, 1.54) is 6.07 Å². The number of carbonyl (C=O) groups excluding carboxylic acids is 1. The van der Waals surface area contributed by atoms with Crippen molar-refractivity contribution >= 4 is 33.3 Å². The van der Waals surface area contributed by atoms with Crippen molar-refractivity contribution in [3.05, 3.63) is 29.3 Å². The van der Waals surface area contributed by atoms with Gasteiger partial charge in [-0.3, -0.25) is 4.79 Å². The van der Waals surface area contributed by atoms with E-state index < -0.39 is 16.9 Å². The van der Waals surface area contributed by atoms with Crippen molar-refractivity contribution in [1.29, 1.82) is 0 Å². The van der Waals surface area contributed by atoms with Crippen molar-refractivity contribution in [3.8, 4) is 5.75 Å². The normalized spacial score (nSPS) is 13.2. The van der Waals surface area contributed by atoms with Crippen molar-refractivity contribution in [2.75, 3.05) is 0 Å². The Labute approximate surface area is 115 Å². The van der Waals surface area contributed by atoms with Gasteiger partial charge in [-0.2, -0.15) is 0 Å². The van der Waals surface area contributed by atoms with Gasteiger partial charge in [0.1, 0.15) is 5.75 Å². The number of Topliss-reactive ketones (excluding diaryl/α,β-unsaturated/α-hetero) is 1. The molecular weight excluding hydrogens is 336 g/mol. The largest absolute Gasteiger partial charge is 0.573 e. The van der Waals surface area contributed by atoms with Crippen LogP contribution in [0.4, 0.5) is 13.2 Å². The SMILES string of the molecule is CC(Br)C(=O)c1cc(CCl)cc(OC(F)(F)F)c1. The summed E-state index contributed by atoms with van der Waals surface area (Å²) in [5.74, 6) is -0.794. The Hall–Kier alpha value is -0.750. The second-order valence-corrected chi connectivity index (χ2v) is 5.17. The van der Waals surface area contributed by atoms with Crippen LogP contribution in [0.3, 0.4) is 0 Å². The average molecular weight is 346 g/mol. The molecule has 0 radical (unpaired) electrons. The molecule has 0 saturated carbocycles. The third-order valence-electron chi connectivity index (χ3n) is 2.00. The third-order valence-corrected chi connectivity index (χ3v) is 2.72. The van der Waals surface area contributed by atoms with Crippen LogP contribution in [0.2, 0.25) is 0 Å². The van der Waals surface area contributed by atoms with Crippen molar-refractivity contribution in [2.24, 2.45) is 0 Å². The molecule has 1 unspecified atom stereocenters. The molecular formula is C11H9BrClF3O2. The van der Waals surface area contributed by atoms with Gasteiger partial charge in [0.25, 0.3) is 0 Å². The van der Waals surface area contributed by atoms with Crippen LogP contribution in [0.5, 0.6) is 5.75 Å². The number of hydrogen-bond acceptors (Lipinski definition) is 2. The summed E-state index contributed by atoms with van der Waals surface area (Å²) in [5.41, 5.74) is 0.506. The molecule has 0 heterocycles. The van der Waals surface area contributed by atoms with E-state index in [0.717, 1.165) is 12.1 Å². The minimum absolute atomic E-state index is 0.00793. The number of alkyl halides is 5. The number of carbonyl (C=O) groups is 1. The van der Waals surface area contributed by atoms with Crippen LogP contribution in [0.15, 0.2) is 18.2 Å². The van der Waals surface area contributed by atoms with Crippen LogP contribution in [0, 0.1) is 0 Å². The fraction of sp³-hybridized carbons (Fsp3) is 0.364. The standard InChI is InChI=1S/C11H9BrClF3O2/c1-6(12)10(17)8-2-7(5-13)3-9(4-8)18-11(14,15)16/h2-4,6H,5H2,1H3. The van der Waals surface area contributed by atoms with E-state index in [0.29, 0.717) is 5.56 Å². The summed E-state index contributed by atoms with van der Waals surface area (Å²) in [6.07, 6.45) is -4.80. The highest BCUT2D eigenvalue weighted by molar-refractivity contribution is 9.10. The van der Waals surface area contributed by atoms with Gasteiger partial charge < -0.3 is 4.74 Å². The van der Waals surface area contributed by atoms with Crippen LogP contribution in [-0.4, -0.2) is 17.0 Å². The van der Waals surface area contributed by atoms with Crippen molar-refractivity contribution in [1.82, 2.24) is 0 Å². The summed E-state index contributed by atoms with van der Waals surface area (Å²) >= 11 is 8.63. The van der Waals surface area contributed by atoms with Crippen molar-refractivity contribution < 1.29 is 22.7 Å². The highest BCUT2D eigenvalue weighted by atomic mass is 79.9. The first kappa shape index (κ1) is 15.3. The van der Waals surface area contributed by atoms with Crippen molar-refractivity contribution in [3.63, 3.8) is 0 Å². The van der Waals surface area contributed by atoms with Crippen LogP contribution >= 0.6 is 27.5 Å². The van der Waals surface area contributed by atoms with Crippen LogP contribution in [-0.2, 0) is 5.88 Å². The number of ketones is 1. The van der Waals surface area contributed by atoms with Crippen LogP contribution < -0.4 is 4.74 Å². The molecule has 0 fully saturated rings. The molecule has 100 valence electrons. The fourth-order valence-electron chi connectivity index (χ4n) is 1.30. The van der Waals surface area contributed by atoms with Gasteiger partial charge in [-0.05, 0) is 30.7 Å². The number of hydrogen-bond donors (Lipinski definition) is 0. The number of ether oxygens (including phenoxy) is 1. The second kappa shape index (κ2) is 5.93. The molecule has 1 aromatic rings. The third kappa shape index (κ3) is 4.49. The molecule has 0 N–H and O–H groups in total. The Bertz CT molecular complexity index is 446. The molecule has 0 saturated heterocycles. The fourth-order valence-corrected chi connectivity index (χ4v) is 1.72. The molecule has 1 rings (SSSR count). The first-order valence-electron chi connectivity index (χ1n) is 4.87. The Balaban J connectivity index is 3.13. The highest BCUT2D eigenvalue weighted by Gasteiger charge is 2.31. The Kier molecular flexibility index (Phi) is 5.04. The molecule has 0 amide bonds. The Morgan fingerprint density at radius 3 is 2.50 bits per heavy atom. The molecule has 1 atom stereocenters. The van der Waals surface area contributed by atoms with Crippen LogP contribution in [0.1, 0.15) is 22.8 Å². The summed E-state index contributed by atoms with van der Waals surface area (Å²) in [4.78, 5) is 11.2. The lowest BCUT2D eigenvalue weighted by atomic mass is 10.1. The van der Waals surface area contributed by atoms with Gasteiger partial charge >= 0.3 is 6.36 Å². The maximum absolute atomic E-state index is 12.1. The van der Waals surface area contributed by atoms with E-state index >= 15 is 0 Å². The van der Waals surface area contributed by atoms with E-state index in [2.05, 4.69) is 20.7 Å². The van der Waals surface area contributed by atoms with E-state index in [4.69, 9.17) is 11.6 Å². The molecule has 0 aliphatic carbocycles. The predicted molar refractivity (Wildman–Crippen MR) is 65.4 cm³/mol. The first-order chi connectivity index (χ1) is 8.23. The summed E-state index contributed by atoms with van der Waals surface area (Å²) in [6, 6.07) is 3.64. The minimum Gasteiger partial charge on any atom is -0.406 e. The zero-order chi connectivity index (χ0) is 13.9. The van der Waals surface area contributed by atoms with Gasteiger partial charge in [-0.1, -0.05) is 15.9 Å². The van der Waals surface area contributed by atoms with Gasteiger partial charge in [0.2, 0.25) is 0 Å².